The molecule has 0 atom stereocenters. The molecule has 0 aliphatic carbocycles. The number of nitriles is 1. The number of hydrogen-bond donors (Lipinski definition) is 1. The molecule has 0 unspecified atom stereocenters. The number of benzene rings is 2. The lowest BCUT2D eigenvalue weighted by Gasteiger charge is -2.22. The normalized spacial score (nSPS) is 10.6. The van der Waals surface area contributed by atoms with E-state index in [9.17, 15) is 14.4 Å². The molecule has 2 aromatic heterocycles. The Hall–Kier alpha value is -4.42. The van der Waals surface area contributed by atoms with Crippen LogP contribution in [0.15, 0.2) is 65.6 Å². The van der Waals surface area contributed by atoms with Crippen molar-refractivity contribution in [1.29, 1.82) is 5.26 Å². The molecule has 0 aliphatic heterocycles. The Bertz CT molecular complexity index is 1560. The van der Waals surface area contributed by atoms with Crippen molar-refractivity contribution >= 4 is 33.2 Å². The van der Waals surface area contributed by atoms with Gasteiger partial charge in [-0.05, 0) is 47.5 Å². The van der Waals surface area contributed by atoms with E-state index < -0.39 is 0 Å². The van der Waals surface area contributed by atoms with E-state index in [0.29, 0.717) is 22.7 Å². The predicted octanol–water partition coefficient (Wildman–Crippen LogP) is 3.93. The number of fused-ring (bicyclic) bond motifs is 1. The lowest BCUT2D eigenvalue weighted by molar-refractivity contribution is -0.120. The molecule has 0 saturated heterocycles. The van der Waals surface area contributed by atoms with Crippen LogP contribution >= 0.6 is 11.3 Å². The van der Waals surface area contributed by atoms with E-state index in [1.165, 1.54) is 22.0 Å². The van der Waals surface area contributed by atoms with Crippen molar-refractivity contribution in [3.63, 3.8) is 0 Å². The van der Waals surface area contributed by atoms with Gasteiger partial charge >= 0.3 is 0 Å². The van der Waals surface area contributed by atoms with Crippen molar-refractivity contribution in [3.8, 4) is 22.9 Å². The summed E-state index contributed by atoms with van der Waals surface area (Å²) in [6.45, 7) is 0.526. The summed E-state index contributed by atoms with van der Waals surface area (Å²) in [6.07, 6.45) is 1.93. The summed E-state index contributed by atoms with van der Waals surface area (Å²) in [5, 5.41) is 12.5. The van der Waals surface area contributed by atoms with Gasteiger partial charge < -0.3 is 19.5 Å². The summed E-state index contributed by atoms with van der Waals surface area (Å²) in [4.78, 5) is 39.8. The Balaban J connectivity index is 1.74. The van der Waals surface area contributed by atoms with Gasteiger partial charge in [0.05, 0.1) is 23.6 Å². The number of carbonyl (C=O) groups excluding carboxylic acids is 2. The molecule has 1 N–H and O–H groups in total. The second kappa shape index (κ2) is 11.1. The molecule has 0 aliphatic rings. The van der Waals surface area contributed by atoms with E-state index in [0.717, 1.165) is 26.8 Å². The molecule has 37 heavy (non-hydrogen) atoms. The summed E-state index contributed by atoms with van der Waals surface area (Å²) in [6, 6.07) is 18.0. The average molecular weight is 515 g/mol. The van der Waals surface area contributed by atoms with E-state index in [1.54, 1.807) is 50.5 Å². The highest BCUT2D eigenvalue weighted by Gasteiger charge is 2.22. The number of aryl methyl sites for hydroxylation is 1. The molecule has 0 saturated carbocycles. The number of amides is 2. The first-order valence-electron chi connectivity index (χ1n) is 11.6. The number of ether oxygens (including phenoxy) is 1. The average Bonchev–Trinajstić information content (AvgIpc) is 3.37. The standard InChI is InChI=1S/C28H26N4O4S/c1-30-25(33)12-13-32(16-19-6-4-18(15-29)5-7-19)28(35)24-14-22-23(36-3)10-9-21(27(22)37-24)20-8-11-26(34)31(2)17-20/h4-11,14,17H,12-13,16H2,1-3H3,(H,30,33). The zero-order chi connectivity index (χ0) is 26.5. The molecular weight excluding hydrogens is 488 g/mol. The van der Waals surface area contributed by atoms with Crippen LogP contribution in [0.25, 0.3) is 21.2 Å². The van der Waals surface area contributed by atoms with Crippen LogP contribution in [-0.4, -0.2) is 42.0 Å². The maximum absolute atomic E-state index is 13.8. The predicted molar refractivity (Wildman–Crippen MR) is 144 cm³/mol. The van der Waals surface area contributed by atoms with E-state index >= 15 is 0 Å². The molecule has 2 amide bonds. The first-order chi connectivity index (χ1) is 17.8. The number of pyridine rings is 1. The summed E-state index contributed by atoms with van der Waals surface area (Å²) in [5.74, 6) is 0.276. The highest BCUT2D eigenvalue weighted by atomic mass is 32.1. The second-order valence-electron chi connectivity index (χ2n) is 8.49. The van der Waals surface area contributed by atoms with Gasteiger partial charge in [-0.3, -0.25) is 14.4 Å². The molecular formula is C28H26N4O4S. The number of aromatic nitrogens is 1. The van der Waals surface area contributed by atoms with Crippen molar-refractivity contribution in [3.05, 3.63) is 87.2 Å². The van der Waals surface area contributed by atoms with Crippen molar-refractivity contribution in [1.82, 2.24) is 14.8 Å². The van der Waals surface area contributed by atoms with Crippen molar-refractivity contribution in [2.24, 2.45) is 7.05 Å². The second-order valence-corrected chi connectivity index (χ2v) is 9.55. The maximum Gasteiger partial charge on any atom is 0.264 e. The Morgan fingerprint density at radius 2 is 1.89 bits per heavy atom. The smallest absolute Gasteiger partial charge is 0.264 e. The third kappa shape index (κ3) is 5.55. The minimum Gasteiger partial charge on any atom is -0.496 e. The number of rotatable bonds is 8. The Morgan fingerprint density at radius 3 is 2.54 bits per heavy atom. The molecule has 0 bridgehead atoms. The summed E-state index contributed by atoms with van der Waals surface area (Å²) in [5.41, 5.74) is 3.03. The summed E-state index contributed by atoms with van der Waals surface area (Å²) in [7, 11) is 4.85. The van der Waals surface area contributed by atoms with Gasteiger partial charge in [0, 0.05) is 61.5 Å². The van der Waals surface area contributed by atoms with Gasteiger partial charge in [-0.15, -0.1) is 11.3 Å². The van der Waals surface area contributed by atoms with Crippen LogP contribution in [0, 0.1) is 11.3 Å². The molecule has 4 aromatic rings. The molecule has 8 nitrogen and oxygen atoms in total. The fraction of sp³-hybridized carbons (Fsp3) is 0.214. The van der Waals surface area contributed by atoms with Gasteiger partial charge in [0.25, 0.3) is 5.91 Å². The molecule has 9 heteroatoms. The van der Waals surface area contributed by atoms with Crippen molar-refractivity contribution in [2.45, 2.75) is 13.0 Å². The van der Waals surface area contributed by atoms with E-state index in [-0.39, 0.29) is 30.3 Å². The zero-order valence-corrected chi connectivity index (χ0v) is 21.6. The monoisotopic (exact) mass is 514 g/mol. The number of carbonyl (C=O) groups is 2. The number of thiophene rings is 1. The molecule has 2 heterocycles. The Kier molecular flexibility index (Phi) is 7.70. The molecule has 0 radical (unpaired) electrons. The Labute approximate surface area is 218 Å². The van der Waals surface area contributed by atoms with Gasteiger partial charge in [0.1, 0.15) is 5.75 Å². The number of methoxy groups -OCH3 is 1. The fourth-order valence-electron chi connectivity index (χ4n) is 4.04. The third-order valence-corrected chi connectivity index (χ3v) is 7.26. The van der Waals surface area contributed by atoms with Crippen LogP contribution in [0.5, 0.6) is 5.75 Å². The lowest BCUT2D eigenvalue weighted by atomic mass is 10.0. The van der Waals surface area contributed by atoms with Gasteiger partial charge in [0.2, 0.25) is 11.5 Å². The first kappa shape index (κ1) is 25.7. The molecule has 2 aromatic carbocycles. The fourth-order valence-corrected chi connectivity index (χ4v) is 5.22. The lowest BCUT2D eigenvalue weighted by Crippen LogP contribution is -2.33. The summed E-state index contributed by atoms with van der Waals surface area (Å²) >= 11 is 1.35. The van der Waals surface area contributed by atoms with Gasteiger partial charge in [0.15, 0.2) is 0 Å². The van der Waals surface area contributed by atoms with Crippen LogP contribution in [0.3, 0.4) is 0 Å². The topological polar surface area (TPSA) is 104 Å². The van der Waals surface area contributed by atoms with Crippen LogP contribution in [0.2, 0.25) is 0 Å². The minimum atomic E-state index is -0.206. The molecule has 0 spiro atoms. The van der Waals surface area contributed by atoms with Gasteiger partial charge in [-0.25, -0.2) is 0 Å². The number of nitrogens with zero attached hydrogens (tertiary/aromatic N) is 3. The minimum absolute atomic E-state index is 0.106. The van der Waals surface area contributed by atoms with E-state index in [2.05, 4.69) is 11.4 Å². The number of hydrogen-bond acceptors (Lipinski definition) is 6. The van der Waals surface area contributed by atoms with Gasteiger partial charge in [-0.1, -0.05) is 12.1 Å². The van der Waals surface area contributed by atoms with Crippen molar-refractivity contribution in [2.75, 3.05) is 20.7 Å². The van der Waals surface area contributed by atoms with Crippen LogP contribution in [0.4, 0.5) is 0 Å². The number of nitrogens with one attached hydrogen (secondary N) is 1. The van der Waals surface area contributed by atoms with Gasteiger partial charge in [-0.2, -0.15) is 5.26 Å². The van der Waals surface area contributed by atoms with Crippen LogP contribution in [0.1, 0.15) is 27.2 Å². The molecule has 188 valence electrons. The Morgan fingerprint density at radius 1 is 1.14 bits per heavy atom. The quantitative estimate of drug-likeness (QED) is 0.384. The largest absolute Gasteiger partial charge is 0.496 e. The maximum atomic E-state index is 13.8. The SMILES string of the molecule is CNC(=O)CCN(Cc1ccc(C#N)cc1)C(=O)c1cc2c(OC)ccc(-c3ccc(=O)n(C)c3)c2s1. The van der Waals surface area contributed by atoms with Crippen LogP contribution < -0.4 is 15.6 Å². The first-order valence-corrected chi connectivity index (χ1v) is 12.4. The van der Waals surface area contributed by atoms with E-state index in [4.69, 9.17) is 10.00 Å². The molecule has 4 rings (SSSR count). The highest BCUT2D eigenvalue weighted by molar-refractivity contribution is 7.21. The zero-order valence-electron chi connectivity index (χ0n) is 20.8. The molecule has 0 fully saturated rings. The van der Waals surface area contributed by atoms with Crippen molar-refractivity contribution < 1.29 is 14.3 Å². The van der Waals surface area contributed by atoms with E-state index in [1.807, 2.05) is 30.3 Å². The summed E-state index contributed by atoms with van der Waals surface area (Å²) < 4.78 is 7.96. The van der Waals surface area contributed by atoms with Crippen LogP contribution in [-0.2, 0) is 18.4 Å². The highest BCUT2D eigenvalue weighted by Crippen LogP contribution is 2.40. The third-order valence-electron chi connectivity index (χ3n) is 6.10.